The smallest absolute Gasteiger partial charge is 0.274 e. The number of methoxy groups -OCH3 is 1. The number of hydrogen-bond acceptors (Lipinski definition) is 5. The number of rotatable bonds is 6. The van der Waals surface area contributed by atoms with Gasteiger partial charge in [-0.05, 0) is 12.1 Å². The molecule has 7 nitrogen and oxygen atoms in total. The van der Waals surface area contributed by atoms with E-state index in [1.54, 1.807) is 30.3 Å². The average Bonchev–Trinajstić information content (AvgIpc) is 3.06. The molecule has 1 amide bonds. The Morgan fingerprint density at radius 1 is 1.32 bits per heavy atom. The Kier molecular flexibility index (Phi) is 4.95. The minimum Gasteiger partial charge on any atom is -0.383 e. The maximum Gasteiger partial charge on any atom is 0.274 e. The number of aromatic nitrogens is 3. The summed E-state index contributed by atoms with van der Waals surface area (Å²) in [6.07, 6.45) is 3.38. The van der Waals surface area contributed by atoms with Crippen molar-refractivity contribution < 1.29 is 9.53 Å². The number of hydrogen-bond donors (Lipinski definition) is 1. The van der Waals surface area contributed by atoms with E-state index in [0.29, 0.717) is 24.5 Å². The predicted molar refractivity (Wildman–Crippen MR) is 98.1 cm³/mol. The number of benzene rings is 1. The van der Waals surface area contributed by atoms with Crippen molar-refractivity contribution in [1.82, 2.24) is 14.8 Å². The molecule has 0 fully saturated rings. The topological polar surface area (TPSA) is 72.3 Å². The van der Waals surface area contributed by atoms with Crippen LogP contribution in [0.25, 0.3) is 10.9 Å². The van der Waals surface area contributed by atoms with Crippen molar-refractivity contribution in [3.63, 3.8) is 0 Å². The molecule has 1 N–H and O–H groups in total. The number of para-hydroxylation sites is 1. The van der Waals surface area contributed by atoms with Gasteiger partial charge in [-0.1, -0.05) is 18.2 Å². The van der Waals surface area contributed by atoms with Crippen LogP contribution in [0.3, 0.4) is 0 Å². The Balaban J connectivity index is 1.85. The van der Waals surface area contributed by atoms with Crippen molar-refractivity contribution in [2.24, 2.45) is 0 Å². The molecular weight excluding hydrogens is 318 g/mol. The molecule has 0 aliphatic carbocycles. The summed E-state index contributed by atoms with van der Waals surface area (Å²) in [7, 11) is 5.53. The molecule has 0 aliphatic heterocycles. The lowest BCUT2D eigenvalue weighted by molar-refractivity contribution is 0.102. The summed E-state index contributed by atoms with van der Waals surface area (Å²) in [5.74, 6) is -0.264. The molecule has 0 saturated heterocycles. The Morgan fingerprint density at radius 2 is 2.12 bits per heavy atom. The van der Waals surface area contributed by atoms with E-state index in [0.717, 1.165) is 16.6 Å². The second kappa shape index (κ2) is 7.31. The van der Waals surface area contributed by atoms with Crippen molar-refractivity contribution in [3.8, 4) is 0 Å². The fourth-order valence-corrected chi connectivity index (χ4v) is 2.57. The van der Waals surface area contributed by atoms with Gasteiger partial charge >= 0.3 is 0 Å². The molecule has 2 heterocycles. The first-order valence-corrected chi connectivity index (χ1v) is 7.98. The van der Waals surface area contributed by atoms with Crippen molar-refractivity contribution in [3.05, 3.63) is 48.4 Å². The van der Waals surface area contributed by atoms with Gasteiger partial charge in [0.2, 0.25) is 0 Å². The molecule has 1 aromatic carbocycles. The standard InChI is InChI=1S/C18H21N5O2/c1-22(2)17-10-16(21-15-7-5-4-6-14(15)17)18(24)20-13-11-19-23(12-13)8-9-25-3/h4-7,10-12H,8-9H2,1-3H3,(H,20,24). The number of ether oxygens (including phenoxy) is 1. The Hall–Kier alpha value is -2.93. The summed E-state index contributed by atoms with van der Waals surface area (Å²) in [6, 6.07) is 9.58. The third kappa shape index (κ3) is 3.77. The van der Waals surface area contributed by atoms with Crippen LogP contribution in [0.4, 0.5) is 11.4 Å². The molecule has 0 saturated carbocycles. The molecule has 0 unspecified atom stereocenters. The number of anilines is 2. The maximum absolute atomic E-state index is 12.6. The van der Waals surface area contributed by atoms with Gasteiger partial charge in [0.1, 0.15) is 5.69 Å². The van der Waals surface area contributed by atoms with Crippen molar-refractivity contribution in [1.29, 1.82) is 0 Å². The molecule has 0 spiro atoms. The number of nitrogens with one attached hydrogen (secondary N) is 1. The van der Waals surface area contributed by atoms with Crippen LogP contribution in [0.2, 0.25) is 0 Å². The quantitative estimate of drug-likeness (QED) is 0.746. The SMILES string of the molecule is COCCn1cc(NC(=O)c2cc(N(C)C)c3ccccc3n2)cn1. The molecule has 0 aliphatic rings. The number of amides is 1. The zero-order valence-electron chi connectivity index (χ0n) is 14.6. The van der Waals surface area contributed by atoms with Crippen LogP contribution in [-0.2, 0) is 11.3 Å². The number of carbonyl (C=O) groups excluding carboxylic acids is 1. The van der Waals surface area contributed by atoms with E-state index in [1.807, 2.05) is 43.3 Å². The largest absolute Gasteiger partial charge is 0.383 e. The van der Waals surface area contributed by atoms with Crippen molar-refractivity contribution in [2.45, 2.75) is 6.54 Å². The van der Waals surface area contributed by atoms with Crippen LogP contribution in [0.15, 0.2) is 42.7 Å². The van der Waals surface area contributed by atoms with Crippen LogP contribution in [0.1, 0.15) is 10.5 Å². The van der Waals surface area contributed by atoms with E-state index >= 15 is 0 Å². The van der Waals surface area contributed by atoms with Gasteiger partial charge in [0, 0.05) is 38.5 Å². The molecule has 130 valence electrons. The van der Waals surface area contributed by atoms with Crippen molar-refractivity contribution in [2.75, 3.05) is 38.0 Å². The summed E-state index contributed by atoms with van der Waals surface area (Å²) in [5, 5.41) is 8.04. The van der Waals surface area contributed by atoms with Gasteiger partial charge in [-0.2, -0.15) is 5.10 Å². The molecule has 0 bridgehead atoms. The monoisotopic (exact) mass is 339 g/mol. The first-order chi connectivity index (χ1) is 12.1. The molecular formula is C18H21N5O2. The van der Waals surface area contributed by atoms with Gasteiger partial charge in [-0.3, -0.25) is 9.48 Å². The minimum absolute atomic E-state index is 0.264. The lowest BCUT2D eigenvalue weighted by Crippen LogP contribution is -2.16. The van der Waals surface area contributed by atoms with E-state index in [1.165, 1.54) is 0 Å². The van der Waals surface area contributed by atoms with Crippen LogP contribution in [0, 0.1) is 0 Å². The Labute approximate surface area is 146 Å². The van der Waals surface area contributed by atoms with E-state index < -0.39 is 0 Å². The lowest BCUT2D eigenvalue weighted by Gasteiger charge is -2.16. The summed E-state index contributed by atoms with van der Waals surface area (Å²) in [6.45, 7) is 1.19. The predicted octanol–water partition coefficient (Wildman–Crippen LogP) is 2.40. The fraction of sp³-hybridized carbons (Fsp3) is 0.278. The van der Waals surface area contributed by atoms with Crippen LogP contribution >= 0.6 is 0 Å². The van der Waals surface area contributed by atoms with Gasteiger partial charge in [0.25, 0.3) is 5.91 Å². The lowest BCUT2D eigenvalue weighted by atomic mass is 10.1. The highest BCUT2D eigenvalue weighted by atomic mass is 16.5. The van der Waals surface area contributed by atoms with Crippen LogP contribution < -0.4 is 10.2 Å². The summed E-state index contributed by atoms with van der Waals surface area (Å²) < 4.78 is 6.74. The molecule has 0 atom stereocenters. The third-order valence-electron chi connectivity index (χ3n) is 3.82. The van der Waals surface area contributed by atoms with E-state index in [4.69, 9.17) is 4.74 Å². The average molecular weight is 339 g/mol. The Morgan fingerprint density at radius 3 is 2.88 bits per heavy atom. The number of carbonyl (C=O) groups is 1. The Bertz CT molecular complexity index is 888. The fourth-order valence-electron chi connectivity index (χ4n) is 2.57. The van der Waals surface area contributed by atoms with Gasteiger partial charge < -0.3 is 15.0 Å². The molecule has 2 aromatic heterocycles. The van der Waals surface area contributed by atoms with Crippen LogP contribution in [0.5, 0.6) is 0 Å². The van der Waals surface area contributed by atoms with E-state index in [9.17, 15) is 4.79 Å². The van der Waals surface area contributed by atoms with E-state index in [-0.39, 0.29) is 5.91 Å². The number of fused-ring (bicyclic) bond motifs is 1. The van der Waals surface area contributed by atoms with Gasteiger partial charge in [0.15, 0.2) is 0 Å². The van der Waals surface area contributed by atoms with Crippen molar-refractivity contribution >= 4 is 28.2 Å². The summed E-state index contributed by atoms with van der Waals surface area (Å²) in [4.78, 5) is 19.1. The number of pyridine rings is 1. The van der Waals surface area contributed by atoms with E-state index in [2.05, 4.69) is 15.4 Å². The highest BCUT2D eigenvalue weighted by Gasteiger charge is 2.14. The van der Waals surface area contributed by atoms with Crippen LogP contribution in [-0.4, -0.2) is 48.5 Å². The molecule has 0 radical (unpaired) electrons. The molecule has 3 aromatic rings. The minimum atomic E-state index is -0.264. The summed E-state index contributed by atoms with van der Waals surface area (Å²) in [5.41, 5.74) is 2.73. The molecule has 7 heteroatoms. The first kappa shape index (κ1) is 16.9. The highest BCUT2D eigenvalue weighted by Crippen LogP contribution is 2.25. The van der Waals surface area contributed by atoms with Gasteiger partial charge in [-0.25, -0.2) is 4.98 Å². The first-order valence-electron chi connectivity index (χ1n) is 7.98. The number of nitrogens with zero attached hydrogens (tertiary/aromatic N) is 4. The second-order valence-corrected chi connectivity index (χ2v) is 5.88. The highest BCUT2D eigenvalue weighted by molar-refractivity contribution is 6.06. The maximum atomic E-state index is 12.6. The zero-order chi connectivity index (χ0) is 17.8. The molecule has 3 rings (SSSR count). The zero-order valence-corrected chi connectivity index (χ0v) is 14.6. The summed E-state index contributed by atoms with van der Waals surface area (Å²) >= 11 is 0. The van der Waals surface area contributed by atoms with Gasteiger partial charge in [-0.15, -0.1) is 0 Å². The third-order valence-corrected chi connectivity index (χ3v) is 3.82. The normalized spacial score (nSPS) is 10.8. The van der Waals surface area contributed by atoms with Gasteiger partial charge in [0.05, 0.1) is 30.6 Å². The molecule has 25 heavy (non-hydrogen) atoms. The second-order valence-electron chi connectivity index (χ2n) is 5.88.